The Bertz CT molecular complexity index is 473. The summed E-state index contributed by atoms with van der Waals surface area (Å²) in [6.45, 7) is 11.4. The summed E-state index contributed by atoms with van der Waals surface area (Å²) in [6, 6.07) is 7.49. The number of hydrogen-bond acceptors (Lipinski definition) is 1. The number of amides is 1. The van der Waals surface area contributed by atoms with E-state index in [1.54, 1.807) is 12.1 Å². The standard InChI is InChI=1S/C11H15NO2.C10H20/c1-3-8(2)9-4-6-10(7-5-9)12-11(13)14;1-8(2)10-6-4-9(3)5-7-10/h4-8,12H,3H2,1-2H3,(H,13,14);8-10H,4-7H2,1-3H3. The van der Waals surface area contributed by atoms with Gasteiger partial charge in [0.1, 0.15) is 0 Å². The lowest BCUT2D eigenvalue weighted by Gasteiger charge is -2.28. The van der Waals surface area contributed by atoms with Crippen LogP contribution in [-0.4, -0.2) is 11.2 Å². The van der Waals surface area contributed by atoms with Gasteiger partial charge in [-0.2, -0.15) is 0 Å². The van der Waals surface area contributed by atoms with E-state index in [1.807, 2.05) is 12.1 Å². The molecule has 2 rings (SSSR count). The van der Waals surface area contributed by atoms with Crippen LogP contribution < -0.4 is 5.32 Å². The van der Waals surface area contributed by atoms with Gasteiger partial charge in [0.15, 0.2) is 0 Å². The number of benzene rings is 1. The van der Waals surface area contributed by atoms with Crippen LogP contribution in [-0.2, 0) is 0 Å². The van der Waals surface area contributed by atoms with Crippen LogP contribution in [0.4, 0.5) is 10.5 Å². The second-order valence-electron chi connectivity index (χ2n) is 7.63. The molecule has 0 aliphatic heterocycles. The van der Waals surface area contributed by atoms with Crippen molar-refractivity contribution < 1.29 is 9.90 Å². The second-order valence-corrected chi connectivity index (χ2v) is 7.63. The van der Waals surface area contributed by atoms with Crippen molar-refractivity contribution >= 4 is 11.8 Å². The Morgan fingerprint density at radius 2 is 1.67 bits per heavy atom. The van der Waals surface area contributed by atoms with E-state index in [9.17, 15) is 4.79 Å². The minimum atomic E-state index is -1.03. The molecule has 0 radical (unpaired) electrons. The highest BCUT2D eigenvalue weighted by Crippen LogP contribution is 2.32. The molecule has 3 nitrogen and oxygen atoms in total. The Hall–Kier alpha value is -1.51. The van der Waals surface area contributed by atoms with Crippen LogP contribution in [0.25, 0.3) is 0 Å². The average Bonchev–Trinajstić information content (AvgIpc) is 2.55. The van der Waals surface area contributed by atoms with Crippen molar-refractivity contribution in [3.8, 4) is 0 Å². The third-order valence-electron chi connectivity index (χ3n) is 5.35. The Balaban J connectivity index is 0.000000254. The molecule has 1 saturated carbocycles. The first-order chi connectivity index (χ1) is 11.3. The molecule has 0 heterocycles. The van der Waals surface area contributed by atoms with Crippen LogP contribution in [0.2, 0.25) is 0 Å². The monoisotopic (exact) mass is 333 g/mol. The lowest BCUT2D eigenvalue weighted by atomic mass is 9.78. The summed E-state index contributed by atoms with van der Waals surface area (Å²) in [7, 11) is 0. The molecule has 24 heavy (non-hydrogen) atoms. The summed E-state index contributed by atoms with van der Waals surface area (Å²) in [5, 5.41) is 10.8. The molecule has 0 spiro atoms. The first kappa shape index (κ1) is 20.5. The molecule has 1 fully saturated rings. The van der Waals surface area contributed by atoms with E-state index >= 15 is 0 Å². The minimum absolute atomic E-state index is 0.522. The topological polar surface area (TPSA) is 49.3 Å². The molecular formula is C21H35NO2. The van der Waals surface area contributed by atoms with E-state index < -0.39 is 6.09 Å². The molecule has 0 saturated heterocycles. The number of hydrogen-bond donors (Lipinski definition) is 2. The number of carboxylic acid groups (broad SMARTS) is 1. The van der Waals surface area contributed by atoms with Gasteiger partial charge < -0.3 is 5.11 Å². The summed E-state index contributed by atoms with van der Waals surface area (Å²) >= 11 is 0. The third kappa shape index (κ3) is 7.37. The van der Waals surface area contributed by atoms with Gasteiger partial charge in [-0.1, -0.05) is 59.6 Å². The molecule has 1 unspecified atom stereocenters. The molecule has 1 amide bonds. The Labute approximate surface area is 147 Å². The quantitative estimate of drug-likeness (QED) is 0.639. The lowest BCUT2D eigenvalue weighted by Crippen LogP contribution is -2.16. The van der Waals surface area contributed by atoms with E-state index in [0.717, 1.165) is 24.2 Å². The van der Waals surface area contributed by atoms with Crippen LogP contribution in [0.3, 0.4) is 0 Å². The third-order valence-corrected chi connectivity index (χ3v) is 5.35. The van der Waals surface area contributed by atoms with Gasteiger partial charge in [-0.15, -0.1) is 0 Å². The summed E-state index contributed by atoms with van der Waals surface area (Å²) in [5.41, 5.74) is 1.85. The maximum absolute atomic E-state index is 10.3. The van der Waals surface area contributed by atoms with Gasteiger partial charge in [-0.3, -0.25) is 5.32 Å². The number of rotatable bonds is 4. The lowest BCUT2D eigenvalue weighted by molar-refractivity contribution is 0.209. The molecular weight excluding hydrogens is 298 g/mol. The summed E-state index contributed by atoms with van der Waals surface area (Å²) in [6.07, 6.45) is 5.98. The zero-order valence-corrected chi connectivity index (χ0v) is 16.0. The first-order valence-corrected chi connectivity index (χ1v) is 9.43. The van der Waals surface area contributed by atoms with Gasteiger partial charge in [0, 0.05) is 5.69 Å². The largest absolute Gasteiger partial charge is 0.465 e. The average molecular weight is 334 g/mol. The highest BCUT2D eigenvalue weighted by Gasteiger charge is 2.20. The van der Waals surface area contributed by atoms with Gasteiger partial charge in [0.05, 0.1) is 0 Å². The highest BCUT2D eigenvalue weighted by atomic mass is 16.4. The molecule has 1 aliphatic rings. The minimum Gasteiger partial charge on any atom is -0.465 e. The zero-order chi connectivity index (χ0) is 18.1. The molecule has 2 N–H and O–H groups in total. The van der Waals surface area contributed by atoms with Crippen LogP contribution >= 0.6 is 0 Å². The second kappa shape index (κ2) is 10.4. The van der Waals surface area contributed by atoms with E-state index in [-0.39, 0.29) is 0 Å². The molecule has 0 bridgehead atoms. The first-order valence-electron chi connectivity index (χ1n) is 9.43. The SMILES string of the molecule is CC1CCC(C(C)C)CC1.CCC(C)c1ccc(NC(=O)O)cc1. The van der Waals surface area contributed by atoms with E-state index in [0.29, 0.717) is 11.6 Å². The van der Waals surface area contributed by atoms with Crippen molar-refractivity contribution in [3.05, 3.63) is 29.8 Å². The summed E-state index contributed by atoms with van der Waals surface area (Å²) in [4.78, 5) is 10.3. The van der Waals surface area contributed by atoms with Crippen molar-refractivity contribution in [2.75, 3.05) is 5.32 Å². The van der Waals surface area contributed by atoms with Crippen molar-refractivity contribution in [1.29, 1.82) is 0 Å². The van der Waals surface area contributed by atoms with Crippen LogP contribution in [0.5, 0.6) is 0 Å². The maximum atomic E-state index is 10.3. The highest BCUT2D eigenvalue weighted by molar-refractivity contribution is 5.82. The molecule has 1 atom stereocenters. The van der Waals surface area contributed by atoms with Crippen LogP contribution in [0.15, 0.2) is 24.3 Å². The normalized spacial score (nSPS) is 21.6. The van der Waals surface area contributed by atoms with E-state index in [2.05, 4.69) is 39.9 Å². The fourth-order valence-corrected chi connectivity index (χ4v) is 3.21. The predicted molar refractivity (Wildman–Crippen MR) is 103 cm³/mol. The summed E-state index contributed by atoms with van der Waals surface area (Å²) in [5.74, 6) is 3.49. The van der Waals surface area contributed by atoms with Crippen LogP contribution in [0.1, 0.15) is 78.2 Å². The molecule has 136 valence electrons. The Morgan fingerprint density at radius 3 is 2.08 bits per heavy atom. The molecule has 1 aromatic carbocycles. The predicted octanol–water partition coefficient (Wildman–Crippen LogP) is 6.76. The number of carbonyl (C=O) groups is 1. The fourth-order valence-electron chi connectivity index (χ4n) is 3.21. The number of anilines is 1. The van der Waals surface area contributed by atoms with E-state index in [1.165, 1.54) is 31.2 Å². The Kier molecular flexibility index (Phi) is 8.88. The smallest absolute Gasteiger partial charge is 0.409 e. The zero-order valence-electron chi connectivity index (χ0n) is 16.0. The molecule has 3 heteroatoms. The van der Waals surface area contributed by atoms with E-state index in [4.69, 9.17) is 5.11 Å². The summed E-state index contributed by atoms with van der Waals surface area (Å²) < 4.78 is 0. The van der Waals surface area contributed by atoms with Gasteiger partial charge in [0.2, 0.25) is 0 Å². The van der Waals surface area contributed by atoms with Crippen molar-refractivity contribution in [3.63, 3.8) is 0 Å². The van der Waals surface area contributed by atoms with Gasteiger partial charge in [-0.25, -0.2) is 4.79 Å². The van der Waals surface area contributed by atoms with Crippen molar-refractivity contribution in [1.82, 2.24) is 0 Å². The van der Waals surface area contributed by atoms with Crippen LogP contribution in [0, 0.1) is 17.8 Å². The molecule has 1 aromatic rings. The van der Waals surface area contributed by atoms with Crippen molar-refractivity contribution in [2.45, 2.75) is 72.6 Å². The number of nitrogens with one attached hydrogen (secondary N) is 1. The maximum Gasteiger partial charge on any atom is 0.409 e. The Morgan fingerprint density at radius 1 is 1.12 bits per heavy atom. The fraction of sp³-hybridized carbons (Fsp3) is 0.667. The van der Waals surface area contributed by atoms with Crippen molar-refractivity contribution in [2.24, 2.45) is 17.8 Å². The molecule has 0 aromatic heterocycles. The van der Waals surface area contributed by atoms with Gasteiger partial charge >= 0.3 is 6.09 Å². The molecule has 1 aliphatic carbocycles. The van der Waals surface area contributed by atoms with Gasteiger partial charge in [0.25, 0.3) is 0 Å². The van der Waals surface area contributed by atoms with Gasteiger partial charge in [-0.05, 0) is 60.6 Å².